The number of alkyl halides is 3. The average molecular weight is 498 g/mol. The van der Waals surface area contributed by atoms with Crippen LogP contribution >= 0.6 is 0 Å². The Morgan fingerprint density at radius 2 is 1.81 bits per heavy atom. The summed E-state index contributed by atoms with van der Waals surface area (Å²) in [6.07, 6.45) is -3.59. The Labute approximate surface area is 207 Å². The van der Waals surface area contributed by atoms with Gasteiger partial charge in [0.25, 0.3) is 5.91 Å². The summed E-state index contributed by atoms with van der Waals surface area (Å²) >= 11 is 0. The summed E-state index contributed by atoms with van der Waals surface area (Å²) in [4.78, 5) is 16.8. The van der Waals surface area contributed by atoms with E-state index in [2.05, 4.69) is 16.4 Å². The molecule has 0 aliphatic heterocycles. The van der Waals surface area contributed by atoms with E-state index in [-0.39, 0.29) is 30.0 Å². The molecule has 6 nitrogen and oxygen atoms in total. The molecule has 0 radical (unpaired) electrons. The number of phenolic OH excluding ortho intramolecular Hbond substituents is 1. The minimum Gasteiger partial charge on any atom is -0.508 e. The molecule has 3 rings (SSSR count). The highest BCUT2D eigenvalue weighted by atomic mass is 19.4. The van der Waals surface area contributed by atoms with E-state index in [1.807, 2.05) is 13.0 Å². The number of amides is 1. The predicted molar refractivity (Wildman–Crippen MR) is 127 cm³/mol. The van der Waals surface area contributed by atoms with Crippen molar-refractivity contribution in [2.24, 2.45) is 0 Å². The van der Waals surface area contributed by atoms with Crippen molar-refractivity contribution in [2.75, 3.05) is 6.54 Å². The maximum atomic E-state index is 13.0. The van der Waals surface area contributed by atoms with Crippen molar-refractivity contribution < 1.29 is 27.8 Å². The highest BCUT2D eigenvalue weighted by molar-refractivity contribution is 5.84. The van der Waals surface area contributed by atoms with Gasteiger partial charge in [-0.1, -0.05) is 31.2 Å². The molecule has 0 saturated heterocycles. The third kappa shape index (κ3) is 6.54. The molecule has 2 N–H and O–H groups in total. The molecule has 1 heterocycles. The van der Waals surface area contributed by atoms with Crippen LogP contribution in [-0.2, 0) is 11.0 Å². The number of nitrogens with zero attached hydrogens (tertiary/aromatic N) is 2. The fourth-order valence-electron chi connectivity index (χ4n) is 3.80. The molecule has 188 valence electrons. The number of hydrogen-bond acceptors (Lipinski definition) is 5. The van der Waals surface area contributed by atoms with Crippen LogP contribution in [0.3, 0.4) is 0 Å². The zero-order valence-corrected chi connectivity index (χ0v) is 20.0. The Kier molecular flexibility index (Phi) is 7.88. The molecule has 2 unspecified atom stereocenters. The number of hydrogen-bond donors (Lipinski definition) is 2. The van der Waals surface area contributed by atoms with Gasteiger partial charge in [0, 0.05) is 24.7 Å². The molecule has 0 spiro atoms. The van der Waals surface area contributed by atoms with Crippen molar-refractivity contribution in [1.82, 2.24) is 10.3 Å². The van der Waals surface area contributed by atoms with Crippen molar-refractivity contribution in [3.63, 3.8) is 0 Å². The van der Waals surface area contributed by atoms with Gasteiger partial charge in [0.1, 0.15) is 5.75 Å². The molecule has 0 fully saturated rings. The summed E-state index contributed by atoms with van der Waals surface area (Å²) in [5, 5.41) is 21.8. The van der Waals surface area contributed by atoms with Gasteiger partial charge in [0.05, 0.1) is 17.2 Å². The second kappa shape index (κ2) is 10.7. The lowest BCUT2D eigenvalue weighted by Crippen LogP contribution is -2.48. The number of carbonyl (C=O) groups is 1. The van der Waals surface area contributed by atoms with Gasteiger partial charge in [-0.3, -0.25) is 4.79 Å². The van der Waals surface area contributed by atoms with E-state index in [1.54, 1.807) is 42.5 Å². The molecule has 0 aliphatic rings. The average Bonchev–Trinajstić information content (AvgIpc) is 2.84. The smallest absolute Gasteiger partial charge is 0.416 e. The van der Waals surface area contributed by atoms with Crippen LogP contribution in [0.4, 0.5) is 13.2 Å². The van der Waals surface area contributed by atoms with E-state index in [1.165, 1.54) is 13.8 Å². The third-order valence-corrected chi connectivity index (χ3v) is 5.92. The van der Waals surface area contributed by atoms with Gasteiger partial charge in [0.2, 0.25) is 5.88 Å². The summed E-state index contributed by atoms with van der Waals surface area (Å²) in [5.74, 6) is -1.10. The van der Waals surface area contributed by atoms with Gasteiger partial charge in [-0.2, -0.15) is 18.4 Å². The molecule has 3 aromatic rings. The maximum Gasteiger partial charge on any atom is 0.416 e. The number of ether oxygens (including phenoxy) is 1. The van der Waals surface area contributed by atoms with E-state index in [4.69, 9.17) is 4.74 Å². The number of carbonyl (C=O) groups excluding carboxylic acids is 1. The van der Waals surface area contributed by atoms with E-state index in [0.29, 0.717) is 5.56 Å². The number of nitriles is 1. The molecule has 36 heavy (non-hydrogen) atoms. The Morgan fingerprint density at radius 1 is 1.11 bits per heavy atom. The number of aromatic hydroxyl groups is 1. The lowest BCUT2D eigenvalue weighted by atomic mass is 9.82. The second-order valence-corrected chi connectivity index (χ2v) is 8.93. The molecular weight excluding hydrogens is 471 g/mol. The molecule has 1 amide bonds. The van der Waals surface area contributed by atoms with Crippen LogP contribution in [0.1, 0.15) is 54.9 Å². The van der Waals surface area contributed by atoms with Crippen LogP contribution in [0.5, 0.6) is 11.6 Å². The molecule has 0 bridgehead atoms. The van der Waals surface area contributed by atoms with Crippen molar-refractivity contribution >= 4 is 5.91 Å². The summed E-state index contributed by atoms with van der Waals surface area (Å²) < 4.78 is 44.6. The van der Waals surface area contributed by atoms with Crippen molar-refractivity contribution in [2.45, 2.75) is 44.4 Å². The molecule has 0 saturated carbocycles. The highest BCUT2D eigenvalue weighted by Crippen LogP contribution is 2.34. The molecule has 2 atom stereocenters. The number of aromatic nitrogens is 1. The lowest BCUT2D eigenvalue weighted by molar-refractivity contribution is -0.138. The Hall–Kier alpha value is -4.06. The SMILES string of the molecule is CC(c1ccc(O)cc1)C(CNC(=O)C(C)(C)Oc1cc(C(F)(F)F)ccn1)c1cccc(C#N)c1. The van der Waals surface area contributed by atoms with Gasteiger partial charge in [-0.15, -0.1) is 0 Å². The fourth-order valence-corrected chi connectivity index (χ4v) is 3.80. The zero-order chi connectivity index (χ0) is 26.5. The first-order valence-electron chi connectivity index (χ1n) is 11.2. The standard InChI is InChI=1S/C27H26F3N3O3/c1-17(19-7-9-22(34)10-8-19)23(20-6-4-5-18(13-20)15-31)16-33-25(35)26(2,3)36-24-14-21(11-12-32-24)27(28,29)30/h4-14,17,23,34H,16H2,1-3H3,(H,33,35). The van der Waals surface area contributed by atoms with Gasteiger partial charge in [-0.25, -0.2) is 4.98 Å². The molecule has 9 heteroatoms. The maximum absolute atomic E-state index is 13.0. The van der Waals surface area contributed by atoms with Crippen LogP contribution in [0.2, 0.25) is 0 Å². The van der Waals surface area contributed by atoms with Gasteiger partial charge < -0.3 is 15.2 Å². The van der Waals surface area contributed by atoms with Gasteiger partial charge >= 0.3 is 6.18 Å². The minimum atomic E-state index is -4.57. The first-order valence-corrected chi connectivity index (χ1v) is 11.2. The first-order chi connectivity index (χ1) is 16.9. The number of nitrogens with one attached hydrogen (secondary N) is 1. The topological polar surface area (TPSA) is 95.2 Å². The van der Waals surface area contributed by atoms with E-state index < -0.39 is 23.2 Å². The number of rotatable bonds is 8. The van der Waals surface area contributed by atoms with Crippen molar-refractivity contribution in [3.8, 4) is 17.7 Å². The van der Waals surface area contributed by atoms with Gasteiger partial charge in [0.15, 0.2) is 5.60 Å². The van der Waals surface area contributed by atoms with E-state index >= 15 is 0 Å². The summed E-state index contributed by atoms with van der Waals surface area (Å²) in [7, 11) is 0. The minimum absolute atomic E-state index is 0.117. The second-order valence-electron chi connectivity index (χ2n) is 8.93. The monoisotopic (exact) mass is 497 g/mol. The summed E-state index contributed by atoms with van der Waals surface area (Å²) in [5.41, 5.74) is -0.228. The molecule has 2 aromatic carbocycles. The van der Waals surface area contributed by atoms with E-state index in [0.717, 1.165) is 29.5 Å². The van der Waals surface area contributed by atoms with Crippen molar-refractivity contribution in [1.29, 1.82) is 5.26 Å². The first kappa shape index (κ1) is 26.5. The number of halogens is 3. The van der Waals surface area contributed by atoms with Crippen LogP contribution in [0.25, 0.3) is 0 Å². The van der Waals surface area contributed by atoms with E-state index in [9.17, 15) is 28.3 Å². The van der Waals surface area contributed by atoms with Crippen LogP contribution in [-0.4, -0.2) is 28.1 Å². The Bertz CT molecular complexity index is 1250. The summed E-state index contributed by atoms with van der Waals surface area (Å²) in [6.45, 7) is 5.02. The normalized spacial score (nSPS) is 13.4. The molecular formula is C27H26F3N3O3. The highest BCUT2D eigenvalue weighted by Gasteiger charge is 2.34. The van der Waals surface area contributed by atoms with Gasteiger partial charge in [-0.05, 0) is 61.2 Å². The van der Waals surface area contributed by atoms with Crippen molar-refractivity contribution in [3.05, 3.63) is 89.1 Å². The third-order valence-electron chi connectivity index (χ3n) is 5.92. The molecule has 0 aliphatic carbocycles. The Balaban J connectivity index is 1.80. The predicted octanol–water partition coefficient (Wildman–Crippen LogP) is 5.54. The quantitative estimate of drug-likeness (QED) is 0.426. The zero-order valence-electron chi connectivity index (χ0n) is 20.0. The molecule has 1 aromatic heterocycles. The summed E-state index contributed by atoms with van der Waals surface area (Å²) in [6, 6.07) is 17.5. The number of phenols is 1. The fraction of sp³-hybridized carbons (Fsp3) is 0.296. The van der Waals surface area contributed by atoms with Crippen LogP contribution in [0.15, 0.2) is 66.9 Å². The number of pyridine rings is 1. The lowest BCUT2D eigenvalue weighted by Gasteiger charge is -2.29. The number of benzene rings is 2. The van der Waals surface area contributed by atoms with Crippen LogP contribution < -0.4 is 10.1 Å². The Morgan fingerprint density at radius 3 is 2.44 bits per heavy atom. The largest absolute Gasteiger partial charge is 0.508 e. The van der Waals surface area contributed by atoms with Crippen LogP contribution in [0, 0.1) is 11.3 Å².